The van der Waals surface area contributed by atoms with Crippen LogP contribution in [0.5, 0.6) is 5.88 Å². The van der Waals surface area contributed by atoms with Gasteiger partial charge < -0.3 is 4.74 Å². The molecule has 0 aliphatic rings. The van der Waals surface area contributed by atoms with E-state index in [0.29, 0.717) is 5.88 Å². The van der Waals surface area contributed by atoms with Gasteiger partial charge in [-0.3, -0.25) is 4.68 Å². The van der Waals surface area contributed by atoms with E-state index in [-0.39, 0.29) is 0 Å². The molecule has 19 heavy (non-hydrogen) atoms. The van der Waals surface area contributed by atoms with E-state index < -0.39 is 0 Å². The van der Waals surface area contributed by atoms with Crippen LogP contribution in [0.2, 0.25) is 0 Å². The van der Waals surface area contributed by atoms with Crippen LogP contribution >= 0.6 is 0 Å². The van der Waals surface area contributed by atoms with Crippen LogP contribution in [-0.2, 0) is 7.05 Å². The number of hydrogen-bond donors (Lipinski definition) is 0. The van der Waals surface area contributed by atoms with Crippen molar-refractivity contribution in [3.63, 3.8) is 0 Å². The molecule has 0 radical (unpaired) electrons. The molecule has 0 amide bonds. The lowest BCUT2D eigenvalue weighted by molar-refractivity contribution is 0.399. The van der Waals surface area contributed by atoms with Crippen molar-refractivity contribution in [1.82, 2.24) is 14.8 Å². The molecule has 0 saturated heterocycles. The summed E-state index contributed by atoms with van der Waals surface area (Å²) in [4.78, 5) is 4.24. The zero-order valence-corrected chi connectivity index (χ0v) is 11.2. The third-order valence-corrected chi connectivity index (χ3v) is 3.23. The Hall–Kier alpha value is -2.36. The van der Waals surface area contributed by atoms with Gasteiger partial charge in [-0.05, 0) is 31.2 Å². The number of ether oxygens (including phenoxy) is 1. The number of aromatic nitrogens is 3. The van der Waals surface area contributed by atoms with Crippen LogP contribution in [0, 0.1) is 6.92 Å². The summed E-state index contributed by atoms with van der Waals surface area (Å²) in [5.41, 5.74) is 4.14. The first-order valence-corrected chi connectivity index (χ1v) is 6.13. The first-order chi connectivity index (χ1) is 9.20. The lowest BCUT2D eigenvalue weighted by Gasteiger charge is -2.04. The van der Waals surface area contributed by atoms with E-state index in [4.69, 9.17) is 4.74 Å². The fourth-order valence-corrected chi connectivity index (χ4v) is 2.31. The van der Waals surface area contributed by atoms with Crippen molar-refractivity contribution in [2.75, 3.05) is 7.11 Å². The zero-order chi connectivity index (χ0) is 13.4. The molecule has 4 heteroatoms. The van der Waals surface area contributed by atoms with Gasteiger partial charge in [-0.25, -0.2) is 4.98 Å². The molecule has 3 aromatic rings. The maximum absolute atomic E-state index is 5.33. The summed E-state index contributed by atoms with van der Waals surface area (Å²) in [5, 5.41) is 5.73. The maximum Gasteiger partial charge on any atom is 0.222 e. The number of benzene rings is 1. The summed E-state index contributed by atoms with van der Waals surface area (Å²) in [5.74, 6) is 0.601. The average Bonchev–Trinajstić information content (AvgIpc) is 2.75. The molecule has 96 valence electrons. The van der Waals surface area contributed by atoms with E-state index >= 15 is 0 Å². The number of aryl methyl sites for hydroxylation is 2. The summed E-state index contributed by atoms with van der Waals surface area (Å²) in [6.45, 7) is 2.08. The number of nitrogens with zero attached hydrogens (tertiary/aromatic N) is 3. The quantitative estimate of drug-likeness (QED) is 0.705. The molecule has 0 N–H and O–H groups in total. The minimum Gasteiger partial charge on any atom is -0.481 e. The lowest BCUT2D eigenvalue weighted by atomic mass is 10.1. The van der Waals surface area contributed by atoms with Crippen molar-refractivity contribution in [3.05, 3.63) is 42.1 Å². The average molecular weight is 253 g/mol. The van der Waals surface area contributed by atoms with Crippen molar-refractivity contribution in [3.8, 4) is 17.1 Å². The van der Waals surface area contributed by atoms with Gasteiger partial charge in [0, 0.05) is 18.6 Å². The third-order valence-electron chi connectivity index (χ3n) is 3.23. The second-order valence-corrected chi connectivity index (χ2v) is 4.55. The highest BCUT2D eigenvalue weighted by Gasteiger charge is 2.15. The van der Waals surface area contributed by atoms with Gasteiger partial charge in [0.25, 0.3) is 0 Å². The smallest absolute Gasteiger partial charge is 0.222 e. The number of rotatable bonds is 2. The fourth-order valence-electron chi connectivity index (χ4n) is 2.31. The van der Waals surface area contributed by atoms with Gasteiger partial charge in [-0.2, -0.15) is 5.10 Å². The largest absolute Gasteiger partial charge is 0.481 e. The normalized spacial score (nSPS) is 10.9. The molecular formula is C15H15N3O. The Bertz CT molecular complexity index is 746. The highest BCUT2D eigenvalue weighted by atomic mass is 16.5. The van der Waals surface area contributed by atoms with Crippen LogP contribution in [0.15, 0.2) is 36.5 Å². The molecule has 0 spiro atoms. The van der Waals surface area contributed by atoms with Gasteiger partial charge in [-0.15, -0.1) is 0 Å². The van der Waals surface area contributed by atoms with Crippen LogP contribution in [0.3, 0.4) is 0 Å². The summed E-state index contributed by atoms with van der Waals surface area (Å²) in [6.07, 6.45) is 1.72. The van der Waals surface area contributed by atoms with E-state index in [9.17, 15) is 0 Å². The molecular weight excluding hydrogens is 238 g/mol. The number of fused-ring (bicyclic) bond motifs is 1. The fraction of sp³-hybridized carbons (Fsp3) is 0.200. The van der Waals surface area contributed by atoms with Gasteiger partial charge in [-0.1, -0.05) is 11.6 Å². The van der Waals surface area contributed by atoms with Crippen molar-refractivity contribution in [2.24, 2.45) is 7.05 Å². The summed E-state index contributed by atoms with van der Waals surface area (Å²) in [6, 6.07) is 10.2. The molecule has 0 atom stereocenters. The van der Waals surface area contributed by atoms with Crippen molar-refractivity contribution in [1.29, 1.82) is 0 Å². The summed E-state index contributed by atoms with van der Waals surface area (Å²) in [7, 11) is 3.58. The number of hydrogen-bond acceptors (Lipinski definition) is 3. The Morgan fingerprint density at radius 1 is 1.21 bits per heavy atom. The zero-order valence-electron chi connectivity index (χ0n) is 11.2. The predicted octanol–water partition coefficient (Wildman–Crippen LogP) is 2.95. The molecule has 0 aliphatic heterocycles. The van der Waals surface area contributed by atoms with E-state index in [1.165, 1.54) is 5.56 Å². The molecule has 0 unspecified atom stereocenters. The van der Waals surface area contributed by atoms with Crippen LogP contribution in [0.1, 0.15) is 5.56 Å². The monoisotopic (exact) mass is 253 g/mol. The Labute approximate surface area is 111 Å². The highest BCUT2D eigenvalue weighted by Crippen LogP contribution is 2.32. The van der Waals surface area contributed by atoms with Crippen molar-refractivity contribution in [2.45, 2.75) is 6.92 Å². The third kappa shape index (κ3) is 1.85. The molecule has 1 aromatic carbocycles. The van der Waals surface area contributed by atoms with Gasteiger partial charge in [0.2, 0.25) is 5.88 Å². The van der Waals surface area contributed by atoms with Crippen LogP contribution in [0.25, 0.3) is 22.2 Å². The molecule has 2 aromatic heterocycles. The second kappa shape index (κ2) is 4.39. The van der Waals surface area contributed by atoms with Crippen LogP contribution < -0.4 is 4.74 Å². The minimum atomic E-state index is 0.601. The van der Waals surface area contributed by atoms with Crippen LogP contribution in [0.4, 0.5) is 0 Å². The van der Waals surface area contributed by atoms with Gasteiger partial charge in [0.05, 0.1) is 18.2 Å². The second-order valence-electron chi connectivity index (χ2n) is 4.55. The number of methoxy groups -OCH3 is 1. The van der Waals surface area contributed by atoms with E-state index in [0.717, 1.165) is 22.2 Å². The maximum atomic E-state index is 5.33. The topological polar surface area (TPSA) is 39.9 Å². The molecule has 3 rings (SSSR count). The molecule has 0 saturated carbocycles. The Kier molecular flexibility index (Phi) is 2.71. The SMILES string of the molecule is COc1ncccc1-c1nn(C)c2ccc(C)cc12. The van der Waals surface area contributed by atoms with Gasteiger partial charge >= 0.3 is 0 Å². The Morgan fingerprint density at radius 2 is 2.05 bits per heavy atom. The predicted molar refractivity (Wildman–Crippen MR) is 75.2 cm³/mol. The lowest BCUT2D eigenvalue weighted by Crippen LogP contribution is -1.93. The van der Waals surface area contributed by atoms with E-state index in [2.05, 4.69) is 35.2 Å². The summed E-state index contributed by atoms with van der Waals surface area (Å²) >= 11 is 0. The highest BCUT2D eigenvalue weighted by molar-refractivity contribution is 5.94. The minimum absolute atomic E-state index is 0.601. The van der Waals surface area contributed by atoms with E-state index in [1.54, 1.807) is 13.3 Å². The first kappa shape index (κ1) is 11.7. The van der Waals surface area contributed by atoms with Gasteiger partial charge in [0.1, 0.15) is 5.69 Å². The molecule has 2 heterocycles. The molecule has 0 bridgehead atoms. The number of pyridine rings is 1. The van der Waals surface area contributed by atoms with Crippen LogP contribution in [-0.4, -0.2) is 21.9 Å². The molecule has 0 aliphatic carbocycles. The first-order valence-electron chi connectivity index (χ1n) is 6.13. The van der Waals surface area contributed by atoms with Crippen molar-refractivity contribution < 1.29 is 4.74 Å². The summed E-state index contributed by atoms with van der Waals surface area (Å²) < 4.78 is 7.21. The molecule has 4 nitrogen and oxygen atoms in total. The standard InChI is InChI=1S/C15H15N3O/c1-10-6-7-13-12(9-10)14(17-18(13)2)11-5-4-8-16-15(11)19-3/h4-9H,1-3H3. The van der Waals surface area contributed by atoms with E-state index in [1.807, 2.05) is 23.9 Å². The van der Waals surface area contributed by atoms with Gasteiger partial charge in [0.15, 0.2) is 0 Å². The Morgan fingerprint density at radius 3 is 2.84 bits per heavy atom. The Balaban J connectivity index is 2.33. The molecule has 0 fully saturated rings. The van der Waals surface area contributed by atoms with Crippen molar-refractivity contribution >= 4 is 10.9 Å².